The molecule has 2 aliphatic heterocycles. The van der Waals surface area contributed by atoms with E-state index in [0.29, 0.717) is 32.8 Å². The summed E-state index contributed by atoms with van der Waals surface area (Å²) < 4.78 is 10.7. The van der Waals surface area contributed by atoms with E-state index < -0.39 is 23.8 Å². The highest BCUT2D eigenvalue weighted by molar-refractivity contribution is 5.74. The predicted molar refractivity (Wildman–Crippen MR) is 70.5 cm³/mol. The Morgan fingerprint density at radius 3 is 2.55 bits per heavy atom. The van der Waals surface area contributed by atoms with Crippen LogP contribution in [0.2, 0.25) is 0 Å². The maximum atomic E-state index is 12.1. The maximum Gasteiger partial charge on any atom is 0.410 e. The molecule has 0 radical (unpaired) electrons. The van der Waals surface area contributed by atoms with Gasteiger partial charge in [0.15, 0.2) is 6.10 Å². The van der Waals surface area contributed by atoms with Crippen LogP contribution in [-0.2, 0) is 14.3 Å². The van der Waals surface area contributed by atoms with E-state index in [1.54, 1.807) is 4.90 Å². The van der Waals surface area contributed by atoms with Crippen molar-refractivity contribution in [1.82, 2.24) is 9.80 Å². The van der Waals surface area contributed by atoms with Gasteiger partial charge in [0, 0.05) is 26.2 Å². The van der Waals surface area contributed by atoms with Gasteiger partial charge in [0.1, 0.15) is 5.60 Å². The minimum atomic E-state index is -0.981. The van der Waals surface area contributed by atoms with Crippen molar-refractivity contribution >= 4 is 12.1 Å². The normalized spacial score (nSPS) is 27.9. The molecule has 114 valence electrons. The van der Waals surface area contributed by atoms with Crippen molar-refractivity contribution in [2.24, 2.45) is 0 Å². The summed E-state index contributed by atoms with van der Waals surface area (Å²) in [5.74, 6) is -0.981. The van der Waals surface area contributed by atoms with E-state index in [1.807, 2.05) is 20.8 Å². The molecule has 0 saturated carbocycles. The van der Waals surface area contributed by atoms with Crippen LogP contribution >= 0.6 is 0 Å². The summed E-state index contributed by atoms with van der Waals surface area (Å²) in [4.78, 5) is 26.9. The number of carboxylic acids is 1. The van der Waals surface area contributed by atoms with E-state index in [2.05, 4.69) is 4.90 Å². The van der Waals surface area contributed by atoms with Crippen molar-refractivity contribution in [3.63, 3.8) is 0 Å². The monoisotopic (exact) mass is 286 g/mol. The number of amides is 1. The molecule has 0 aromatic heterocycles. The molecule has 2 rings (SSSR count). The van der Waals surface area contributed by atoms with Gasteiger partial charge < -0.3 is 19.5 Å². The molecule has 2 aliphatic rings. The average Bonchev–Trinajstić information content (AvgIpc) is 2.35. The first-order valence-electron chi connectivity index (χ1n) is 6.84. The first kappa shape index (κ1) is 15.1. The van der Waals surface area contributed by atoms with Gasteiger partial charge in [-0.3, -0.25) is 4.90 Å². The van der Waals surface area contributed by atoms with E-state index in [0.717, 1.165) is 0 Å². The van der Waals surface area contributed by atoms with Crippen LogP contribution in [0, 0.1) is 0 Å². The van der Waals surface area contributed by atoms with Gasteiger partial charge in [-0.15, -0.1) is 0 Å². The van der Waals surface area contributed by atoms with E-state index in [4.69, 9.17) is 9.47 Å². The lowest BCUT2D eigenvalue weighted by Crippen LogP contribution is -2.64. The number of carboxylic acid groups (broad SMARTS) is 1. The number of carbonyl (C=O) groups is 2. The van der Waals surface area contributed by atoms with Gasteiger partial charge in [-0.1, -0.05) is 0 Å². The largest absolute Gasteiger partial charge is 0.479 e. The van der Waals surface area contributed by atoms with Crippen LogP contribution in [0.15, 0.2) is 0 Å². The van der Waals surface area contributed by atoms with Gasteiger partial charge in [-0.05, 0) is 20.8 Å². The lowest BCUT2D eigenvalue weighted by atomic mass is 10.0. The lowest BCUT2D eigenvalue weighted by molar-refractivity contribution is -0.166. The zero-order valence-corrected chi connectivity index (χ0v) is 12.2. The predicted octanol–water partition coefficient (Wildman–Crippen LogP) is 0.391. The second kappa shape index (κ2) is 5.57. The number of morpholine rings is 1. The van der Waals surface area contributed by atoms with E-state index in [1.165, 1.54) is 0 Å². The van der Waals surface area contributed by atoms with Gasteiger partial charge in [0.2, 0.25) is 0 Å². The first-order valence-corrected chi connectivity index (χ1v) is 6.84. The average molecular weight is 286 g/mol. The van der Waals surface area contributed by atoms with Crippen molar-refractivity contribution in [2.75, 3.05) is 32.8 Å². The van der Waals surface area contributed by atoms with Gasteiger partial charge in [0.25, 0.3) is 0 Å². The molecule has 0 aliphatic carbocycles. The van der Waals surface area contributed by atoms with E-state index >= 15 is 0 Å². The molecule has 0 aromatic rings. The van der Waals surface area contributed by atoms with Crippen molar-refractivity contribution in [3.8, 4) is 0 Å². The Bertz CT molecular complexity index is 393. The molecule has 2 heterocycles. The van der Waals surface area contributed by atoms with Crippen LogP contribution in [0.5, 0.6) is 0 Å². The molecule has 0 unspecified atom stereocenters. The Morgan fingerprint density at radius 1 is 1.25 bits per heavy atom. The number of ether oxygens (including phenoxy) is 2. The Balaban J connectivity index is 2.02. The molecule has 2 atom stereocenters. The molecule has 0 bridgehead atoms. The van der Waals surface area contributed by atoms with Gasteiger partial charge in [-0.2, -0.15) is 0 Å². The summed E-state index contributed by atoms with van der Waals surface area (Å²) in [6.07, 6.45) is -1.28. The Kier molecular flexibility index (Phi) is 4.19. The molecule has 7 heteroatoms. The summed E-state index contributed by atoms with van der Waals surface area (Å²) in [5.41, 5.74) is -0.552. The third-order valence-corrected chi connectivity index (χ3v) is 3.45. The van der Waals surface area contributed by atoms with Crippen molar-refractivity contribution in [1.29, 1.82) is 0 Å². The van der Waals surface area contributed by atoms with Crippen LogP contribution in [0.3, 0.4) is 0 Å². The smallest absolute Gasteiger partial charge is 0.410 e. The Hall–Kier alpha value is -1.34. The highest BCUT2D eigenvalue weighted by Gasteiger charge is 2.42. The summed E-state index contributed by atoms with van der Waals surface area (Å²) in [5, 5.41) is 9.20. The standard InChI is InChI=1S/C13H22N2O5/c1-13(2,3)20-12(18)15-5-4-14-6-7-19-10(11(16)17)9(14)8-15/h9-10H,4-8H2,1-3H3,(H,16,17)/t9-,10+/m1/s1. The fraction of sp³-hybridized carbons (Fsp3) is 0.846. The topological polar surface area (TPSA) is 79.3 Å². The molecule has 2 fully saturated rings. The number of carbonyl (C=O) groups excluding carboxylic acids is 1. The van der Waals surface area contributed by atoms with Crippen LogP contribution < -0.4 is 0 Å². The maximum absolute atomic E-state index is 12.1. The number of hydrogen-bond acceptors (Lipinski definition) is 5. The summed E-state index contributed by atoms with van der Waals surface area (Å²) in [6.45, 7) is 8.08. The Labute approximate surface area is 118 Å². The van der Waals surface area contributed by atoms with E-state index in [9.17, 15) is 14.7 Å². The zero-order chi connectivity index (χ0) is 14.9. The number of piperazine rings is 1. The number of rotatable bonds is 1. The van der Waals surface area contributed by atoms with Gasteiger partial charge >= 0.3 is 12.1 Å². The van der Waals surface area contributed by atoms with Crippen molar-refractivity contribution in [2.45, 2.75) is 38.5 Å². The third-order valence-electron chi connectivity index (χ3n) is 3.45. The second-order valence-corrected chi connectivity index (χ2v) is 6.16. The highest BCUT2D eigenvalue weighted by Crippen LogP contribution is 2.21. The molecule has 1 N–H and O–H groups in total. The molecule has 2 saturated heterocycles. The fourth-order valence-electron chi connectivity index (χ4n) is 2.55. The van der Waals surface area contributed by atoms with E-state index in [-0.39, 0.29) is 6.04 Å². The third kappa shape index (κ3) is 3.40. The van der Waals surface area contributed by atoms with Crippen LogP contribution in [0.1, 0.15) is 20.8 Å². The first-order chi connectivity index (χ1) is 9.28. The lowest BCUT2D eigenvalue weighted by Gasteiger charge is -2.46. The van der Waals surface area contributed by atoms with Crippen molar-refractivity contribution < 1.29 is 24.2 Å². The van der Waals surface area contributed by atoms with Gasteiger partial charge in [0.05, 0.1) is 12.6 Å². The molecule has 7 nitrogen and oxygen atoms in total. The number of fused-ring (bicyclic) bond motifs is 1. The SMILES string of the molecule is CC(C)(C)OC(=O)N1CCN2CCO[C@H](C(=O)O)[C@H]2C1. The quantitative estimate of drug-likeness (QED) is 0.751. The number of hydrogen-bond donors (Lipinski definition) is 1. The molecular weight excluding hydrogens is 264 g/mol. The van der Waals surface area contributed by atoms with Crippen molar-refractivity contribution in [3.05, 3.63) is 0 Å². The minimum Gasteiger partial charge on any atom is -0.479 e. The summed E-state index contributed by atoms with van der Waals surface area (Å²) in [7, 11) is 0. The fourth-order valence-corrected chi connectivity index (χ4v) is 2.55. The molecular formula is C13H22N2O5. The molecule has 0 aromatic carbocycles. The number of aliphatic carboxylic acids is 1. The highest BCUT2D eigenvalue weighted by atomic mass is 16.6. The van der Waals surface area contributed by atoms with Crippen LogP contribution in [0.4, 0.5) is 4.79 Å². The zero-order valence-electron chi connectivity index (χ0n) is 12.2. The second-order valence-electron chi connectivity index (χ2n) is 6.16. The minimum absolute atomic E-state index is 0.303. The van der Waals surface area contributed by atoms with Crippen LogP contribution in [0.25, 0.3) is 0 Å². The molecule has 1 amide bonds. The summed E-state index contributed by atoms with van der Waals surface area (Å²) in [6, 6.07) is -0.303. The Morgan fingerprint density at radius 2 is 1.95 bits per heavy atom. The summed E-state index contributed by atoms with van der Waals surface area (Å²) >= 11 is 0. The van der Waals surface area contributed by atoms with Crippen LogP contribution in [-0.4, -0.2) is 77.5 Å². The number of nitrogens with zero attached hydrogens (tertiary/aromatic N) is 2. The molecule has 0 spiro atoms. The van der Waals surface area contributed by atoms with Gasteiger partial charge in [-0.25, -0.2) is 9.59 Å². The molecule has 20 heavy (non-hydrogen) atoms.